The van der Waals surface area contributed by atoms with Crippen LogP contribution in [0.3, 0.4) is 0 Å². The number of fused-ring (bicyclic) bond motifs is 1. The normalized spacial score (nSPS) is 16.5. The third-order valence-electron chi connectivity index (χ3n) is 7.11. The zero-order valence-corrected chi connectivity index (χ0v) is 22.1. The van der Waals surface area contributed by atoms with Crippen molar-refractivity contribution in [1.82, 2.24) is 9.97 Å². The van der Waals surface area contributed by atoms with Crippen molar-refractivity contribution in [3.05, 3.63) is 97.0 Å². The monoisotopic (exact) mass is 531 g/mol. The number of thioether (sulfide) groups is 1. The number of nitrogens with one attached hydrogen (secondary N) is 2. The number of carbonyl (C=O) groups excluding carboxylic acids is 1. The first-order chi connectivity index (χ1) is 18.4. The molecule has 0 saturated heterocycles. The second kappa shape index (κ2) is 10.8. The van der Waals surface area contributed by atoms with Gasteiger partial charge in [-0.15, -0.1) is 0 Å². The highest BCUT2D eigenvalue weighted by molar-refractivity contribution is 7.98. The second-order valence-corrected chi connectivity index (χ2v) is 10.3. The van der Waals surface area contributed by atoms with E-state index < -0.39 is 10.8 Å². The smallest absolute Gasteiger partial charge is 0.269 e. The molecule has 1 aliphatic carbocycles. The molecule has 2 aromatic carbocycles. The van der Waals surface area contributed by atoms with Gasteiger partial charge in [-0.25, -0.2) is 4.98 Å². The maximum Gasteiger partial charge on any atom is 0.269 e. The van der Waals surface area contributed by atoms with Crippen LogP contribution in [0.25, 0.3) is 0 Å². The number of nitro benzene ring substituents is 1. The topological polar surface area (TPSA) is 121 Å². The molecule has 10 heteroatoms. The number of rotatable bonds is 8. The van der Waals surface area contributed by atoms with E-state index in [0.717, 1.165) is 48.4 Å². The van der Waals surface area contributed by atoms with Crippen LogP contribution in [0.1, 0.15) is 55.7 Å². The number of non-ortho nitro benzene ring substituents is 1. The minimum absolute atomic E-state index is 0.0329. The van der Waals surface area contributed by atoms with Crippen LogP contribution in [-0.4, -0.2) is 33.8 Å². The molecule has 0 amide bonds. The van der Waals surface area contributed by atoms with Gasteiger partial charge in [-0.05, 0) is 49.9 Å². The third-order valence-corrected chi connectivity index (χ3v) is 8.06. The summed E-state index contributed by atoms with van der Waals surface area (Å²) in [7, 11) is 0. The van der Waals surface area contributed by atoms with Crippen LogP contribution in [0, 0.1) is 10.1 Å². The summed E-state index contributed by atoms with van der Waals surface area (Å²) in [6, 6.07) is 14.4. The van der Waals surface area contributed by atoms with E-state index in [1.807, 2.05) is 24.3 Å². The van der Waals surface area contributed by atoms with Gasteiger partial charge in [0.05, 0.1) is 10.5 Å². The summed E-state index contributed by atoms with van der Waals surface area (Å²) in [5.74, 6) is 0.553. The summed E-state index contributed by atoms with van der Waals surface area (Å²) in [6.07, 6.45) is 1.96. The van der Waals surface area contributed by atoms with Crippen LogP contribution in [0.4, 0.5) is 17.2 Å². The molecule has 0 saturated carbocycles. The van der Waals surface area contributed by atoms with Gasteiger partial charge in [0.15, 0.2) is 10.9 Å². The molecule has 2 heterocycles. The Morgan fingerprint density at radius 3 is 2.42 bits per heavy atom. The summed E-state index contributed by atoms with van der Waals surface area (Å²) < 4.78 is 0. The SMILES string of the molecule is CCN(CC)c1ccc(C2C3=C(CCCC3=O)Nc3nc(SCc4ccc([N+](=O)[O-])cc4)[nH]c(=O)c32)cc1. The maximum atomic E-state index is 13.5. The maximum absolute atomic E-state index is 13.5. The minimum Gasteiger partial charge on any atom is -0.372 e. The lowest BCUT2D eigenvalue weighted by atomic mass is 9.76. The standard InChI is InChI=1S/C28H29N5O4S/c1-3-32(4-2)19-14-10-18(11-15-19)23-24-21(6-5-7-22(24)34)29-26-25(23)27(35)31-28(30-26)38-16-17-8-12-20(13-9-17)33(36)37/h8-15,23H,3-7,16H2,1-2H3,(H2,29,30,31,35). The van der Waals surface area contributed by atoms with Crippen LogP contribution in [0.2, 0.25) is 0 Å². The fraction of sp³-hybridized carbons (Fsp3) is 0.321. The Balaban J connectivity index is 1.49. The number of H-pyrrole nitrogens is 1. The number of Topliss-reactive ketones (excluding diaryl/α,β-unsaturated/α-hetero) is 1. The Hall–Kier alpha value is -3.92. The van der Waals surface area contributed by atoms with E-state index in [0.29, 0.717) is 34.3 Å². The number of hydrogen-bond acceptors (Lipinski definition) is 8. The first-order valence-electron chi connectivity index (χ1n) is 12.8. The number of nitrogens with zero attached hydrogens (tertiary/aromatic N) is 3. The Morgan fingerprint density at radius 1 is 1.05 bits per heavy atom. The van der Waals surface area contributed by atoms with Crippen molar-refractivity contribution in [2.45, 2.75) is 49.9 Å². The molecule has 1 atom stereocenters. The van der Waals surface area contributed by atoms with Gasteiger partial charge in [-0.3, -0.25) is 19.7 Å². The van der Waals surface area contributed by atoms with Crippen LogP contribution in [0.5, 0.6) is 0 Å². The highest BCUT2D eigenvalue weighted by atomic mass is 32.2. The molecule has 0 fully saturated rings. The minimum atomic E-state index is -0.482. The number of anilines is 2. The number of nitro groups is 1. The number of aromatic nitrogens is 2. The summed E-state index contributed by atoms with van der Waals surface area (Å²) in [5.41, 5.74) is 4.58. The number of allylic oxidation sites excluding steroid dienone is 2. The zero-order chi connectivity index (χ0) is 26.8. The molecule has 5 rings (SSSR count). The Kier molecular flexibility index (Phi) is 7.33. The molecule has 196 valence electrons. The van der Waals surface area contributed by atoms with Crippen LogP contribution in [0.15, 0.2) is 69.8 Å². The lowest BCUT2D eigenvalue weighted by Gasteiger charge is -2.33. The third kappa shape index (κ3) is 4.96. The molecule has 0 radical (unpaired) electrons. The molecular weight excluding hydrogens is 502 g/mol. The lowest BCUT2D eigenvalue weighted by molar-refractivity contribution is -0.384. The summed E-state index contributed by atoms with van der Waals surface area (Å²) in [6.45, 7) is 6.01. The Labute approximate surface area is 224 Å². The molecule has 3 aromatic rings. The summed E-state index contributed by atoms with van der Waals surface area (Å²) in [4.78, 5) is 46.9. The number of hydrogen-bond donors (Lipinski definition) is 2. The van der Waals surface area contributed by atoms with Gasteiger partial charge < -0.3 is 15.2 Å². The van der Waals surface area contributed by atoms with E-state index in [9.17, 15) is 19.7 Å². The van der Waals surface area contributed by atoms with E-state index in [-0.39, 0.29) is 17.0 Å². The van der Waals surface area contributed by atoms with Crippen molar-refractivity contribution in [3.8, 4) is 0 Å². The van der Waals surface area contributed by atoms with Gasteiger partial charge in [0.1, 0.15) is 5.82 Å². The molecule has 0 bridgehead atoms. The summed E-state index contributed by atoms with van der Waals surface area (Å²) in [5, 5.41) is 14.7. The zero-order valence-electron chi connectivity index (χ0n) is 21.3. The highest BCUT2D eigenvalue weighted by Crippen LogP contribution is 2.43. The summed E-state index contributed by atoms with van der Waals surface area (Å²) >= 11 is 1.35. The van der Waals surface area contributed by atoms with Crippen molar-refractivity contribution >= 4 is 34.7 Å². The van der Waals surface area contributed by atoms with E-state index >= 15 is 0 Å². The quantitative estimate of drug-likeness (QED) is 0.172. The first-order valence-corrected chi connectivity index (χ1v) is 13.8. The van der Waals surface area contributed by atoms with Crippen molar-refractivity contribution in [2.24, 2.45) is 0 Å². The van der Waals surface area contributed by atoms with Gasteiger partial charge in [0, 0.05) is 60.3 Å². The van der Waals surface area contributed by atoms with Gasteiger partial charge >= 0.3 is 0 Å². The van der Waals surface area contributed by atoms with Crippen molar-refractivity contribution < 1.29 is 9.72 Å². The molecule has 38 heavy (non-hydrogen) atoms. The number of benzene rings is 2. The molecule has 1 unspecified atom stereocenters. The van der Waals surface area contributed by atoms with E-state index in [1.165, 1.54) is 23.9 Å². The van der Waals surface area contributed by atoms with E-state index in [1.54, 1.807) is 12.1 Å². The number of carbonyl (C=O) groups is 1. The number of ketones is 1. The van der Waals surface area contributed by atoms with Gasteiger partial charge in [0.2, 0.25) is 0 Å². The van der Waals surface area contributed by atoms with Gasteiger partial charge in [-0.2, -0.15) is 0 Å². The fourth-order valence-corrected chi connectivity index (χ4v) is 5.99. The highest BCUT2D eigenvalue weighted by Gasteiger charge is 2.37. The molecule has 9 nitrogen and oxygen atoms in total. The molecule has 1 aromatic heterocycles. The average molecular weight is 532 g/mol. The van der Waals surface area contributed by atoms with Crippen LogP contribution in [-0.2, 0) is 10.5 Å². The van der Waals surface area contributed by atoms with Gasteiger partial charge in [-0.1, -0.05) is 36.0 Å². The first kappa shape index (κ1) is 25.7. The predicted octanol–water partition coefficient (Wildman–Crippen LogP) is 5.38. The average Bonchev–Trinajstić information content (AvgIpc) is 2.92. The lowest BCUT2D eigenvalue weighted by Crippen LogP contribution is -2.32. The second-order valence-electron chi connectivity index (χ2n) is 9.34. The van der Waals surface area contributed by atoms with Gasteiger partial charge in [0.25, 0.3) is 11.2 Å². The Morgan fingerprint density at radius 2 is 1.76 bits per heavy atom. The molecule has 1 aliphatic heterocycles. The Bertz CT molecular complexity index is 1460. The molecule has 2 N–H and O–H groups in total. The van der Waals surface area contributed by atoms with Crippen molar-refractivity contribution in [1.29, 1.82) is 0 Å². The largest absolute Gasteiger partial charge is 0.372 e. The van der Waals surface area contributed by atoms with Crippen LogP contribution >= 0.6 is 11.8 Å². The molecular formula is C28H29N5O4S. The molecule has 2 aliphatic rings. The van der Waals surface area contributed by atoms with Crippen molar-refractivity contribution in [2.75, 3.05) is 23.3 Å². The molecule has 0 spiro atoms. The predicted molar refractivity (Wildman–Crippen MR) is 149 cm³/mol. The number of aromatic amines is 1. The fourth-order valence-electron chi connectivity index (χ4n) is 5.17. The van der Waals surface area contributed by atoms with Crippen LogP contribution < -0.4 is 15.8 Å². The van der Waals surface area contributed by atoms with Crippen molar-refractivity contribution in [3.63, 3.8) is 0 Å². The van der Waals surface area contributed by atoms with E-state index in [4.69, 9.17) is 4.98 Å². The van der Waals surface area contributed by atoms with E-state index in [2.05, 4.69) is 29.0 Å².